The number of anilines is 1. The topological polar surface area (TPSA) is 137 Å². The molecule has 2 heterocycles. The Morgan fingerprint density at radius 1 is 1.17 bits per heavy atom. The van der Waals surface area contributed by atoms with Gasteiger partial charge in [-0.15, -0.1) is 0 Å². The van der Waals surface area contributed by atoms with Gasteiger partial charge in [-0.25, -0.2) is 14.6 Å². The fourth-order valence-corrected chi connectivity index (χ4v) is 3.44. The smallest absolute Gasteiger partial charge is 0.341 e. The van der Waals surface area contributed by atoms with Crippen molar-refractivity contribution < 1.29 is 19.5 Å². The monoisotopic (exact) mass is 391 g/mol. The van der Waals surface area contributed by atoms with E-state index in [-0.39, 0.29) is 11.5 Å². The minimum Gasteiger partial charge on any atom is -0.478 e. The first-order valence-corrected chi connectivity index (χ1v) is 8.85. The lowest BCUT2D eigenvalue weighted by Crippen LogP contribution is -2.45. The third-order valence-corrected chi connectivity index (χ3v) is 4.82. The number of aromatic carboxylic acids is 1. The lowest BCUT2D eigenvalue weighted by Gasteiger charge is -2.30. The molecule has 1 aliphatic rings. The molecule has 4 rings (SSSR count). The molecule has 3 aromatic rings. The van der Waals surface area contributed by atoms with Crippen molar-refractivity contribution in [3.8, 4) is 0 Å². The quantitative estimate of drug-likeness (QED) is 0.542. The van der Waals surface area contributed by atoms with Gasteiger partial charge in [0.1, 0.15) is 5.92 Å². The average molecular weight is 391 g/mol. The Labute approximate surface area is 164 Å². The van der Waals surface area contributed by atoms with Crippen molar-refractivity contribution in [1.29, 1.82) is 0 Å². The largest absolute Gasteiger partial charge is 0.478 e. The summed E-state index contributed by atoms with van der Waals surface area (Å²) >= 11 is 0. The summed E-state index contributed by atoms with van der Waals surface area (Å²) < 4.78 is 0. The number of aliphatic imine (C=N–C) groups is 1. The number of benzene rings is 2. The summed E-state index contributed by atoms with van der Waals surface area (Å²) in [5.41, 5.74) is 2.35. The molecule has 146 valence electrons. The number of aromatic nitrogens is 2. The Bertz CT molecular complexity index is 1170. The molecular weight excluding hydrogens is 374 g/mol. The van der Waals surface area contributed by atoms with E-state index in [9.17, 15) is 19.5 Å². The number of carbonyl (C=O) groups is 3. The predicted molar refractivity (Wildman–Crippen MR) is 106 cm³/mol. The number of urea groups is 1. The highest BCUT2D eigenvalue weighted by Crippen LogP contribution is 2.29. The van der Waals surface area contributed by atoms with Gasteiger partial charge in [0.05, 0.1) is 23.3 Å². The van der Waals surface area contributed by atoms with Gasteiger partial charge < -0.3 is 15.7 Å². The molecule has 1 aromatic heterocycles. The minimum absolute atomic E-state index is 0.0708. The Morgan fingerprint density at radius 3 is 2.79 bits per heavy atom. The molecule has 3 amide bonds. The second-order valence-corrected chi connectivity index (χ2v) is 6.75. The molecule has 4 N–H and O–H groups in total. The summed E-state index contributed by atoms with van der Waals surface area (Å²) in [5, 5.41) is 22.4. The van der Waals surface area contributed by atoms with Gasteiger partial charge >= 0.3 is 12.0 Å². The third-order valence-electron chi connectivity index (χ3n) is 4.82. The van der Waals surface area contributed by atoms with Crippen LogP contribution in [0.1, 0.15) is 28.9 Å². The molecule has 0 saturated carbocycles. The molecule has 2 atom stereocenters. The summed E-state index contributed by atoms with van der Waals surface area (Å²) in [4.78, 5) is 40.2. The summed E-state index contributed by atoms with van der Waals surface area (Å²) in [6.45, 7) is 1.61. The van der Waals surface area contributed by atoms with Crippen LogP contribution in [0.5, 0.6) is 0 Å². The van der Waals surface area contributed by atoms with Crippen LogP contribution >= 0.6 is 0 Å². The Hall–Kier alpha value is -4.01. The van der Waals surface area contributed by atoms with Gasteiger partial charge in [0.2, 0.25) is 5.91 Å². The lowest BCUT2D eigenvalue weighted by molar-refractivity contribution is -0.118. The van der Waals surface area contributed by atoms with Crippen molar-refractivity contribution in [3.63, 3.8) is 0 Å². The van der Waals surface area contributed by atoms with Crippen LogP contribution in [0.15, 0.2) is 53.7 Å². The van der Waals surface area contributed by atoms with Crippen LogP contribution in [0.25, 0.3) is 10.9 Å². The maximum Gasteiger partial charge on any atom is 0.341 e. The molecule has 0 fully saturated rings. The van der Waals surface area contributed by atoms with Crippen molar-refractivity contribution in [2.45, 2.75) is 13.0 Å². The zero-order valence-corrected chi connectivity index (χ0v) is 15.3. The number of hydrogen-bond donors (Lipinski definition) is 4. The summed E-state index contributed by atoms with van der Waals surface area (Å²) in [7, 11) is 0. The number of nitrogens with one attached hydrogen (secondary N) is 3. The standard InChI is InChI=1S/C20H17N5O4/c1-10-16(18(26)23-14-5-6-15-13(8-14)9-21-25-15)17(24-20(29)22-10)11-3-2-4-12(7-11)19(27)28/h2-9,16-17H,1H3,(H,21,25)(H,23,26)(H,24,29)(H,27,28). The van der Waals surface area contributed by atoms with Crippen LogP contribution in [-0.2, 0) is 4.79 Å². The van der Waals surface area contributed by atoms with Crippen LogP contribution in [0, 0.1) is 5.92 Å². The number of carboxylic acids is 1. The lowest BCUT2D eigenvalue weighted by atomic mass is 9.87. The van der Waals surface area contributed by atoms with E-state index in [1.807, 2.05) is 0 Å². The molecule has 0 aliphatic carbocycles. The van der Waals surface area contributed by atoms with Gasteiger partial charge in [-0.3, -0.25) is 9.89 Å². The molecule has 0 saturated heterocycles. The Kier molecular flexibility index (Phi) is 4.55. The molecule has 29 heavy (non-hydrogen) atoms. The van der Waals surface area contributed by atoms with Gasteiger partial charge in [-0.1, -0.05) is 12.1 Å². The van der Waals surface area contributed by atoms with Crippen LogP contribution in [0.2, 0.25) is 0 Å². The number of rotatable bonds is 4. The van der Waals surface area contributed by atoms with Crippen molar-refractivity contribution >= 4 is 40.2 Å². The maximum atomic E-state index is 13.1. The van der Waals surface area contributed by atoms with Crippen molar-refractivity contribution in [2.24, 2.45) is 10.9 Å². The second kappa shape index (κ2) is 7.19. The number of aromatic amines is 1. The zero-order chi connectivity index (χ0) is 20.5. The first-order valence-electron chi connectivity index (χ1n) is 8.85. The van der Waals surface area contributed by atoms with E-state index in [1.54, 1.807) is 43.5 Å². The van der Waals surface area contributed by atoms with E-state index in [2.05, 4.69) is 25.8 Å². The van der Waals surface area contributed by atoms with Gasteiger partial charge in [0.15, 0.2) is 0 Å². The van der Waals surface area contributed by atoms with E-state index in [0.717, 1.165) is 10.9 Å². The molecule has 9 nitrogen and oxygen atoms in total. The number of carboxylic acid groups (broad SMARTS) is 1. The van der Waals surface area contributed by atoms with Gasteiger partial charge in [-0.05, 0) is 42.8 Å². The van der Waals surface area contributed by atoms with Gasteiger partial charge in [0.25, 0.3) is 0 Å². The Morgan fingerprint density at radius 2 is 2.00 bits per heavy atom. The average Bonchev–Trinajstić information content (AvgIpc) is 3.15. The summed E-state index contributed by atoms with van der Waals surface area (Å²) in [5.74, 6) is -2.24. The van der Waals surface area contributed by atoms with Crippen LogP contribution in [-0.4, -0.2) is 38.9 Å². The van der Waals surface area contributed by atoms with Crippen LogP contribution in [0.3, 0.4) is 0 Å². The van der Waals surface area contributed by atoms with Crippen molar-refractivity contribution in [3.05, 3.63) is 59.8 Å². The highest BCUT2D eigenvalue weighted by atomic mass is 16.4. The minimum atomic E-state index is -1.09. The molecular formula is C20H17N5O4. The molecule has 0 bridgehead atoms. The van der Waals surface area contributed by atoms with Crippen LogP contribution in [0.4, 0.5) is 10.5 Å². The van der Waals surface area contributed by atoms with E-state index < -0.39 is 24.0 Å². The number of carbonyl (C=O) groups excluding carboxylic acids is 2. The summed E-state index contributed by atoms with van der Waals surface area (Å²) in [6, 6.07) is 10.2. The highest BCUT2D eigenvalue weighted by molar-refractivity contribution is 6.13. The third kappa shape index (κ3) is 3.57. The number of amides is 3. The number of nitrogens with zero attached hydrogens (tertiary/aromatic N) is 2. The normalized spacial score (nSPS) is 18.8. The van der Waals surface area contributed by atoms with Crippen LogP contribution < -0.4 is 10.6 Å². The molecule has 2 aromatic carbocycles. The Balaban J connectivity index is 1.66. The maximum absolute atomic E-state index is 13.1. The zero-order valence-electron chi connectivity index (χ0n) is 15.3. The number of H-pyrrole nitrogens is 1. The van der Waals surface area contributed by atoms with Gasteiger partial charge in [-0.2, -0.15) is 5.10 Å². The highest BCUT2D eigenvalue weighted by Gasteiger charge is 2.37. The van der Waals surface area contributed by atoms with Crippen molar-refractivity contribution in [2.75, 3.05) is 5.32 Å². The fraction of sp³-hybridized carbons (Fsp3) is 0.150. The van der Waals surface area contributed by atoms with Crippen molar-refractivity contribution in [1.82, 2.24) is 15.5 Å². The van der Waals surface area contributed by atoms with E-state index >= 15 is 0 Å². The molecule has 1 aliphatic heterocycles. The molecule has 0 radical (unpaired) electrons. The second-order valence-electron chi connectivity index (χ2n) is 6.75. The number of fused-ring (bicyclic) bond motifs is 1. The fourth-order valence-electron chi connectivity index (χ4n) is 3.44. The van der Waals surface area contributed by atoms with Gasteiger partial charge in [0, 0.05) is 16.8 Å². The van der Waals surface area contributed by atoms with E-state index in [1.165, 1.54) is 12.1 Å². The van der Waals surface area contributed by atoms with E-state index in [4.69, 9.17) is 0 Å². The molecule has 0 spiro atoms. The molecule has 9 heteroatoms. The summed E-state index contributed by atoms with van der Waals surface area (Å²) in [6.07, 6.45) is 1.65. The molecule has 2 unspecified atom stereocenters. The predicted octanol–water partition coefficient (Wildman–Crippen LogP) is 2.74. The van der Waals surface area contributed by atoms with E-state index in [0.29, 0.717) is 17.0 Å². The SMILES string of the molecule is CC1=NC(=O)NC(c2cccc(C(=O)O)c2)C1C(=O)Nc1ccc2[nH]ncc2c1. The number of hydrogen-bond acceptors (Lipinski definition) is 4. The first-order chi connectivity index (χ1) is 13.9. The first kappa shape index (κ1) is 18.4.